The van der Waals surface area contributed by atoms with Gasteiger partial charge in [-0.15, -0.1) is 0 Å². The standard InChI is InChI=1S/C20H22N6O5S3/c21-12(11-4-2-1-3-5-11)14(27)22-13-15(28)24-10-20(17(29)30,34-16(13)24)25-6-7-26(19(25)31)23-18-32-8-9-33-18/h1-5,12-13,16H,6-10,21H2,(H,22,27)(H,29,30)/t12-,13-,16-,20-/m1/s1. The Morgan fingerprint density at radius 1 is 1.18 bits per heavy atom. The molecular formula is C20H22N6O5S3. The Labute approximate surface area is 207 Å². The lowest BCUT2D eigenvalue weighted by atomic mass is 10.0. The second kappa shape index (κ2) is 8.98. The molecule has 14 heteroatoms. The second-order valence-corrected chi connectivity index (χ2v) is 11.9. The van der Waals surface area contributed by atoms with Crippen LogP contribution in [-0.4, -0.2) is 95.5 Å². The van der Waals surface area contributed by atoms with Gasteiger partial charge in [0.1, 0.15) is 17.5 Å². The molecule has 0 radical (unpaired) electrons. The van der Waals surface area contributed by atoms with Gasteiger partial charge in [0.25, 0.3) is 0 Å². The number of hydrazone groups is 1. The SMILES string of the molecule is N[C@@H](C(=O)N[C@@H]1C(=O)N2C[C@@](C(=O)O)(N3CCN(N=C4SCCS4)C3=O)S[C@H]12)c1ccccc1. The smallest absolute Gasteiger partial charge is 0.342 e. The number of carboxylic acid groups (broad SMARTS) is 1. The highest BCUT2D eigenvalue weighted by molar-refractivity contribution is 8.41. The average Bonchev–Trinajstić information content (AvgIpc) is 3.57. The molecule has 0 spiro atoms. The van der Waals surface area contributed by atoms with E-state index in [1.54, 1.807) is 53.9 Å². The first-order chi connectivity index (χ1) is 16.3. The Hall–Kier alpha value is -2.42. The fourth-order valence-electron chi connectivity index (χ4n) is 4.27. The molecule has 0 aliphatic carbocycles. The summed E-state index contributed by atoms with van der Waals surface area (Å²) in [6, 6.07) is 6.39. The van der Waals surface area contributed by atoms with Crippen LogP contribution in [0.1, 0.15) is 11.6 Å². The Kier molecular flexibility index (Phi) is 6.16. The highest BCUT2D eigenvalue weighted by Gasteiger charge is 2.66. The summed E-state index contributed by atoms with van der Waals surface area (Å²) in [5, 5.41) is 17.9. The molecule has 1 aromatic rings. The largest absolute Gasteiger partial charge is 0.479 e. The van der Waals surface area contributed by atoms with Crippen molar-refractivity contribution in [3.63, 3.8) is 0 Å². The first-order valence-corrected chi connectivity index (χ1v) is 13.4. The zero-order valence-electron chi connectivity index (χ0n) is 17.8. The Morgan fingerprint density at radius 3 is 2.56 bits per heavy atom. The quantitative estimate of drug-likeness (QED) is 0.450. The van der Waals surface area contributed by atoms with E-state index >= 15 is 0 Å². The van der Waals surface area contributed by atoms with Gasteiger partial charge in [0, 0.05) is 18.1 Å². The van der Waals surface area contributed by atoms with E-state index in [1.165, 1.54) is 14.8 Å². The van der Waals surface area contributed by atoms with Gasteiger partial charge >= 0.3 is 12.0 Å². The number of aliphatic carboxylic acids is 1. The summed E-state index contributed by atoms with van der Waals surface area (Å²) < 4.78 is 0.787. The molecule has 5 rings (SSSR count). The van der Waals surface area contributed by atoms with Gasteiger partial charge in [-0.2, -0.15) is 5.10 Å². The summed E-state index contributed by atoms with van der Waals surface area (Å²) in [7, 11) is 0. The lowest BCUT2D eigenvalue weighted by Gasteiger charge is -2.41. The summed E-state index contributed by atoms with van der Waals surface area (Å²) in [5.74, 6) is -0.285. The molecule has 0 saturated carbocycles. The molecule has 4 atom stereocenters. The number of rotatable bonds is 6. The Bertz CT molecular complexity index is 1070. The number of carbonyl (C=O) groups is 4. The highest BCUT2D eigenvalue weighted by atomic mass is 32.2. The zero-order valence-corrected chi connectivity index (χ0v) is 20.3. The summed E-state index contributed by atoms with van der Waals surface area (Å²) in [6.45, 7) is 0.284. The van der Waals surface area contributed by atoms with Crippen LogP contribution in [0.3, 0.4) is 0 Å². The van der Waals surface area contributed by atoms with E-state index in [1.807, 2.05) is 0 Å². The number of thioether (sulfide) groups is 3. The van der Waals surface area contributed by atoms with Crippen molar-refractivity contribution in [2.24, 2.45) is 10.8 Å². The Morgan fingerprint density at radius 2 is 1.88 bits per heavy atom. The van der Waals surface area contributed by atoms with Crippen LogP contribution in [0.2, 0.25) is 0 Å². The number of hydrogen-bond donors (Lipinski definition) is 3. The maximum absolute atomic E-state index is 13.1. The van der Waals surface area contributed by atoms with E-state index in [0.717, 1.165) is 27.6 Å². The van der Waals surface area contributed by atoms with Gasteiger partial charge in [0.15, 0.2) is 4.38 Å². The fraction of sp³-hybridized carbons (Fsp3) is 0.450. The Balaban J connectivity index is 1.30. The molecule has 4 saturated heterocycles. The van der Waals surface area contributed by atoms with E-state index < -0.39 is 46.1 Å². The van der Waals surface area contributed by atoms with Gasteiger partial charge in [-0.25, -0.2) is 14.6 Å². The first kappa shape index (κ1) is 23.3. The number of carbonyl (C=O) groups excluding carboxylic acids is 3. The van der Waals surface area contributed by atoms with Gasteiger partial charge < -0.3 is 21.1 Å². The third-order valence-corrected chi connectivity index (χ3v) is 10.2. The highest BCUT2D eigenvalue weighted by Crippen LogP contribution is 2.49. The molecule has 34 heavy (non-hydrogen) atoms. The van der Waals surface area contributed by atoms with E-state index in [-0.39, 0.29) is 19.6 Å². The van der Waals surface area contributed by atoms with E-state index in [0.29, 0.717) is 5.56 Å². The number of benzene rings is 1. The molecule has 4 fully saturated rings. The summed E-state index contributed by atoms with van der Waals surface area (Å²) in [4.78, 5) is 51.9. The first-order valence-electron chi connectivity index (χ1n) is 10.6. The lowest BCUT2D eigenvalue weighted by molar-refractivity contribution is -0.151. The van der Waals surface area contributed by atoms with Gasteiger partial charge in [-0.05, 0) is 5.56 Å². The third kappa shape index (κ3) is 3.82. The number of β-lactam (4-membered cyclic amide) rings is 1. The maximum atomic E-state index is 13.1. The van der Waals surface area contributed by atoms with Crippen molar-refractivity contribution in [1.82, 2.24) is 20.1 Å². The average molecular weight is 523 g/mol. The fourth-order valence-corrected chi connectivity index (χ4v) is 8.07. The van der Waals surface area contributed by atoms with Crippen LogP contribution in [0.15, 0.2) is 35.4 Å². The van der Waals surface area contributed by atoms with Gasteiger partial charge in [0.05, 0.1) is 13.1 Å². The van der Waals surface area contributed by atoms with Crippen molar-refractivity contribution >= 4 is 63.5 Å². The molecule has 180 valence electrons. The van der Waals surface area contributed by atoms with Crippen LogP contribution in [0.25, 0.3) is 0 Å². The van der Waals surface area contributed by atoms with Crippen LogP contribution in [-0.2, 0) is 14.4 Å². The van der Waals surface area contributed by atoms with Crippen molar-refractivity contribution in [3.05, 3.63) is 35.9 Å². The summed E-state index contributed by atoms with van der Waals surface area (Å²) in [6.07, 6.45) is 0. The van der Waals surface area contributed by atoms with Gasteiger partial charge in [-0.3, -0.25) is 14.5 Å². The molecule has 0 bridgehead atoms. The predicted molar refractivity (Wildman–Crippen MR) is 130 cm³/mol. The van der Waals surface area contributed by atoms with Crippen LogP contribution >= 0.6 is 35.3 Å². The van der Waals surface area contributed by atoms with Crippen LogP contribution < -0.4 is 11.1 Å². The molecule has 4 heterocycles. The molecule has 1 aromatic carbocycles. The minimum atomic E-state index is -1.65. The molecule has 4 amide bonds. The number of nitrogens with one attached hydrogen (secondary N) is 1. The molecule has 11 nitrogen and oxygen atoms in total. The maximum Gasteiger partial charge on any atom is 0.342 e. The summed E-state index contributed by atoms with van der Waals surface area (Å²) in [5.41, 5.74) is 6.64. The summed E-state index contributed by atoms with van der Waals surface area (Å²) >= 11 is 4.12. The number of carboxylic acids is 1. The minimum Gasteiger partial charge on any atom is -0.479 e. The number of hydrogen-bond acceptors (Lipinski definition) is 9. The van der Waals surface area contributed by atoms with Crippen molar-refractivity contribution in [3.8, 4) is 0 Å². The van der Waals surface area contributed by atoms with Crippen LogP contribution in [0.5, 0.6) is 0 Å². The van der Waals surface area contributed by atoms with E-state index in [9.17, 15) is 24.3 Å². The number of amides is 4. The molecule has 4 aliphatic rings. The second-order valence-electron chi connectivity index (χ2n) is 8.06. The third-order valence-electron chi connectivity index (χ3n) is 6.07. The van der Waals surface area contributed by atoms with Crippen LogP contribution in [0.4, 0.5) is 4.79 Å². The normalized spacial score (nSPS) is 29.2. The van der Waals surface area contributed by atoms with Crippen molar-refractivity contribution < 1.29 is 24.3 Å². The number of nitrogens with zero attached hydrogens (tertiary/aromatic N) is 4. The monoisotopic (exact) mass is 522 g/mol. The van der Waals surface area contributed by atoms with Crippen LogP contribution in [0, 0.1) is 0 Å². The van der Waals surface area contributed by atoms with Gasteiger partial charge in [-0.1, -0.05) is 65.6 Å². The van der Waals surface area contributed by atoms with Crippen molar-refractivity contribution in [2.45, 2.75) is 22.3 Å². The molecule has 0 aromatic heterocycles. The van der Waals surface area contributed by atoms with E-state index in [2.05, 4.69) is 10.4 Å². The van der Waals surface area contributed by atoms with Crippen molar-refractivity contribution in [2.75, 3.05) is 31.1 Å². The number of urea groups is 1. The van der Waals surface area contributed by atoms with Gasteiger partial charge in [0.2, 0.25) is 16.7 Å². The molecule has 4 N–H and O–H groups in total. The topological polar surface area (TPSA) is 149 Å². The van der Waals surface area contributed by atoms with Crippen molar-refractivity contribution in [1.29, 1.82) is 0 Å². The predicted octanol–water partition coefficient (Wildman–Crippen LogP) is 0.356. The number of nitrogens with two attached hydrogens (primary N) is 1. The minimum absolute atomic E-state index is 0.159. The number of fused-ring (bicyclic) bond motifs is 1. The lowest BCUT2D eigenvalue weighted by Crippen LogP contribution is -2.68. The molecule has 4 aliphatic heterocycles. The molecule has 0 unspecified atom stereocenters. The molecular weight excluding hydrogens is 500 g/mol. The zero-order chi connectivity index (χ0) is 24.0. The van der Waals surface area contributed by atoms with E-state index in [4.69, 9.17) is 5.73 Å².